The first-order chi connectivity index (χ1) is 10.6. The summed E-state index contributed by atoms with van der Waals surface area (Å²) in [6.45, 7) is -3.84. The maximum atomic E-state index is 11.8. The van der Waals surface area contributed by atoms with Gasteiger partial charge in [0.05, 0.1) is 46.2 Å². The second-order valence-electron chi connectivity index (χ2n) is 4.55. The quantitative estimate of drug-likeness (QED) is 0.356. The van der Waals surface area contributed by atoms with E-state index in [1.54, 1.807) is 0 Å². The Kier molecular flexibility index (Phi) is 15.2. The van der Waals surface area contributed by atoms with Crippen LogP contribution in [0.2, 0.25) is 0 Å². The van der Waals surface area contributed by atoms with Crippen molar-refractivity contribution in [3.05, 3.63) is 35.9 Å². The third kappa shape index (κ3) is 15.8. The van der Waals surface area contributed by atoms with Gasteiger partial charge in [-0.05, 0) is 5.56 Å². The average Bonchev–Trinajstić information content (AvgIpc) is 2.48. The molecular formula is C14H21BF3KO4. The van der Waals surface area contributed by atoms with Crippen LogP contribution >= 0.6 is 0 Å². The standard InChI is InChI=1S/C14H21BF3O4.K/c16-15(17,18)13-22-11-9-20-7-6-19-8-10-21-12-14-4-2-1-3-5-14;/h1-5H,6-13H2;/q-1;+1. The molecule has 0 aliphatic carbocycles. The van der Waals surface area contributed by atoms with E-state index < -0.39 is 13.5 Å². The van der Waals surface area contributed by atoms with Gasteiger partial charge in [0.1, 0.15) is 0 Å². The van der Waals surface area contributed by atoms with Gasteiger partial charge in [-0.2, -0.15) is 0 Å². The van der Waals surface area contributed by atoms with Crippen LogP contribution in [0.4, 0.5) is 12.9 Å². The van der Waals surface area contributed by atoms with Crippen molar-refractivity contribution in [1.29, 1.82) is 0 Å². The fourth-order valence-corrected chi connectivity index (χ4v) is 1.54. The SMILES string of the molecule is F[B-](F)(F)COCCOCCOCCOCc1ccccc1.[K+]. The largest absolute Gasteiger partial charge is 1.00 e. The zero-order valence-electron chi connectivity index (χ0n) is 13.4. The second-order valence-corrected chi connectivity index (χ2v) is 4.55. The van der Waals surface area contributed by atoms with Gasteiger partial charge in [0.15, 0.2) is 0 Å². The van der Waals surface area contributed by atoms with Crippen LogP contribution in [0.15, 0.2) is 30.3 Å². The van der Waals surface area contributed by atoms with Crippen LogP contribution in [0.1, 0.15) is 5.56 Å². The predicted molar refractivity (Wildman–Crippen MR) is 77.6 cm³/mol. The predicted octanol–water partition coefficient (Wildman–Crippen LogP) is -0.356. The van der Waals surface area contributed by atoms with E-state index in [0.717, 1.165) is 5.56 Å². The Morgan fingerprint density at radius 3 is 1.70 bits per heavy atom. The molecule has 9 heteroatoms. The summed E-state index contributed by atoms with van der Waals surface area (Å²) in [7, 11) is 0. The molecule has 1 aromatic rings. The van der Waals surface area contributed by atoms with Crippen molar-refractivity contribution in [3.8, 4) is 0 Å². The van der Waals surface area contributed by atoms with Crippen molar-refractivity contribution >= 4 is 6.98 Å². The molecule has 0 unspecified atom stereocenters. The fourth-order valence-electron chi connectivity index (χ4n) is 1.54. The number of hydrogen-bond donors (Lipinski definition) is 0. The molecule has 0 N–H and O–H groups in total. The minimum absolute atomic E-state index is 0. The molecule has 23 heavy (non-hydrogen) atoms. The molecule has 0 aliphatic rings. The first kappa shape index (κ1) is 23.6. The first-order valence-electron chi connectivity index (χ1n) is 7.14. The molecule has 0 fully saturated rings. The number of benzene rings is 1. The summed E-state index contributed by atoms with van der Waals surface area (Å²) in [5.74, 6) is 0. The molecule has 0 amide bonds. The zero-order valence-corrected chi connectivity index (χ0v) is 16.5. The number of ether oxygens (including phenoxy) is 4. The molecule has 4 nitrogen and oxygen atoms in total. The van der Waals surface area contributed by atoms with Gasteiger partial charge in [-0.25, -0.2) is 0 Å². The van der Waals surface area contributed by atoms with E-state index >= 15 is 0 Å². The summed E-state index contributed by atoms with van der Waals surface area (Å²) < 4.78 is 55.6. The van der Waals surface area contributed by atoms with Crippen molar-refractivity contribution in [2.75, 3.05) is 46.1 Å². The van der Waals surface area contributed by atoms with Crippen LogP contribution in [0.5, 0.6) is 0 Å². The summed E-state index contributed by atoms with van der Waals surface area (Å²) >= 11 is 0. The van der Waals surface area contributed by atoms with Crippen LogP contribution in [0.3, 0.4) is 0 Å². The third-order valence-electron chi connectivity index (χ3n) is 2.53. The second kappa shape index (κ2) is 14.9. The summed E-state index contributed by atoms with van der Waals surface area (Å²) in [5, 5.41) is 0. The Hall–Kier alpha value is 0.551. The summed E-state index contributed by atoms with van der Waals surface area (Å²) in [4.78, 5) is 0. The van der Waals surface area contributed by atoms with Gasteiger partial charge < -0.3 is 31.9 Å². The average molecular weight is 360 g/mol. The van der Waals surface area contributed by atoms with Crippen molar-refractivity contribution in [2.45, 2.75) is 6.61 Å². The molecule has 0 heterocycles. The molecule has 0 aromatic heterocycles. The molecule has 1 aromatic carbocycles. The Morgan fingerprint density at radius 2 is 1.17 bits per heavy atom. The Labute approximate surface area is 177 Å². The van der Waals surface area contributed by atoms with E-state index in [9.17, 15) is 12.9 Å². The van der Waals surface area contributed by atoms with Gasteiger partial charge in [-0.15, -0.1) is 0 Å². The van der Waals surface area contributed by atoms with E-state index in [2.05, 4.69) is 4.74 Å². The Bertz CT molecular complexity index is 382. The summed E-state index contributed by atoms with van der Waals surface area (Å²) in [6, 6.07) is 9.81. The number of rotatable bonds is 13. The van der Waals surface area contributed by atoms with Crippen molar-refractivity contribution in [3.63, 3.8) is 0 Å². The summed E-state index contributed by atoms with van der Waals surface area (Å²) in [6.07, 6.45) is 0. The van der Waals surface area contributed by atoms with Gasteiger partial charge in [-0.3, -0.25) is 0 Å². The third-order valence-corrected chi connectivity index (χ3v) is 2.53. The molecule has 126 valence electrons. The molecule has 0 saturated heterocycles. The molecule has 0 bridgehead atoms. The van der Waals surface area contributed by atoms with E-state index in [1.807, 2.05) is 30.3 Å². The topological polar surface area (TPSA) is 36.9 Å². The van der Waals surface area contributed by atoms with Crippen molar-refractivity contribution < 1.29 is 83.3 Å². The van der Waals surface area contributed by atoms with E-state index in [1.165, 1.54) is 0 Å². The maximum absolute atomic E-state index is 11.8. The van der Waals surface area contributed by atoms with Gasteiger partial charge in [0.25, 0.3) is 0 Å². The number of halogens is 3. The Balaban J connectivity index is 0.00000484. The molecule has 1 rings (SSSR count). The van der Waals surface area contributed by atoms with Crippen LogP contribution in [-0.4, -0.2) is 53.1 Å². The first-order valence-corrected chi connectivity index (χ1v) is 7.14. The molecule has 0 radical (unpaired) electrons. The van der Waals surface area contributed by atoms with Crippen molar-refractivity contribution in [1.82, 2.24) is 0 Å². The van der Waals surface area contributed by atoms with Crippen LogP contribution < -0.4 is 51.4 Å². The molecule has 0 atom stereocenters. The molecule has 0 spiro atoms. The van der Waals surface area contributed by atoms with Crippen molar-refractivity contribution in [2.24, 2.45) is 0 Å². The molecule has 0 saturated carbocycles. The minimum atomic E-state index is -4.88. The van der Waals surface area contributed by atoms with E-state index in [0.29, 0.717) is 33.0 Å². The van der Waals surface area contributed by atoms with E-state index in [-0.39, 0.29) is 64.6 Å². The van der Waals surface area contributed by atoms with Crippen LogP contribution in [-0.2, 0) is 25.6 Å². The monoisotopic (exact) mass is 360 g/mol. The molecule has 0 aliphatic heterocycles. The van der Waals surface area contributed by atoms with E-state index in [4.69, 9.17) is 14.2 Å². The van der Waals surface area contributed by atoms with Crippen LogP contribution in [0, 0.1) is 0 Å². The zero-order chi connectivity index (χ0) is 16.1. The Morgan fingerprint density at radius 1 is 0.696 bits per heavy atom. The smallest absolute Gasteiger partial charge is 0.447 e. The van der Waals surface area contributed by atoms with Gasteiger partial charge >= 0.3 is 58.4 Å². The normalized spacial score (nSPS) is 11.3. The maximum Gasteiger partial charge on any atom is 1.00 e. The van der Waals surface area contributed by atoms with Gasteiger partial charge in [-0.1, -0.05) is 30.3 Å². The minimum Gasteiger partial charge on any atom is -0.447 e. The van der Waals surface area contributed by atoms with Gasteiger partial charge in [0, 0.05) is 6.51 Å². The number of hydrogen-bond acceptors (Lipinski definition) is 4. The van der Waals surface area contributed by atoms with Crippen LogP contribution in [0.25, 0.3) is 0 Å². The fraction of sp³-hybridized carbons (Fsp3) is 0.571. The summed E-state index contributed by atoms with van der Waals surface area (Å²) in [5.41, 5.74) is 1.10. The van der Waals surface area contributed by atoms with Gasteiger partial charge in [0.2, 0.25) is 0 Å². The molecular weight excluding hydrogens is 339 g/mol.